The number of hydrogen-bond acceptors (Lipinski definition) is 4. The molecule has 6 nitrogen and oxygen atoms in total. The van der Waals surface area contributed by atoms with Gasteiger partial charge in [-0.05, 0) is 6.07 Å². The van der Waals surface area contributed by atoms with Crippen LogP contribution in [0.25, 0.3) is 0 Å². The van der Waals surface area contributed by atoms with Crippen LogP contribution in [0.4, 0.5) is 19.3 Å². The molecule has 0 fully saturated rings. The van der Waals surface area contributed by atoms with Crippen LogP contribution in [-0.2, 0) is 18.7 Å². The van der Waals surface area contributed by atoms with E-state index in [1.54, 1.807) is 0 Å². The fourth-order valence-electron chi connectivity index (χ4n) is 1.46. The fourth-order valence-corrected chi connectivity index (χ4v) is 3.25. The molecule has 0 saturated carbocycles. The molecule has 1 unspecified atom stereocenters. The zero-order valence-corrected chi connectivity index (χ0v) is 12.2. The summed E-state index contributed by atoms with van der Waals surface area (Å²) in [5, 5.41) is 9.71. The second-order valence-corrected chi connectivity index (χ2v) is 7.47. The van der Waals surface area contributed by atoms with Crippen molar-refractivity contribution in [2.45, 2.75) is 0 Å². The number of nitrogens with zero attached hydrogens (tertiary/aromatic N) is 2. The third kappa shape index (κ3) is 3.12. The highest BCUT2D eigenvalue weighted by Gasteiger charge is 2.26. The molecule has 0 spiro atoms. The van der Waals surface area contributed by atoms with Crippen molar-refractivity contribution in [3.05, 3.63) is 40.0 Å². The number of rotatable bonds is 2. The Morgan fingerprint density at radius 2 is 2.00 bits per heavy atom. The van der Waals surface area contributed by atoms with E-state index < -0.39 is 47.2 Å². The number of carboxylic acid groups (broad SMARTS) is 1. The molecule has 1 aromatic rings. The molecule has 1 atom stereocenters. The van der Waals surface area contributed by atoms with Crippen molar-refractivity contribution in [2.24, 2.45) is 4.99 Å². The minimum absolute atomic E-state index is 0.309. The van der Waals surface area contributed by atoms with Gasteiger partial charge in [0.2, 0.25) is 9.26 Å². The molecule has 0 saturated heterocycles. The van der Waals surface area contributed by atoms with Crippen LogP contribution in [0.5, 0.6) is 0 Å². The Kier molecular flexibility index (Phi) is 4.40. The zero-order chi connectivity index (χ0) is 15.7. The standard InChI is InChI=1S/C10H5ClF2N2O4S2/c11-5-1-8(7(13)2-6(5)12)15(10(16)17)9-3-20(4-14-9)21(18)19/h1-4H,(H,16,17). The zero-order valence-electron chi connectivity index (χ0n) is 9.83. The van der Waals surface area contributed by atoms with Crippen LogP contribution in [0, 0.1) is 11.6 Å². The molecule has 21 heavy (non-hydrogen) atoms. The van der Waals surface area contributed by atoms with Gasteiger partial charge in [0.25, 0.3) is 0 Å². The van der Waals surface area contributed by atoms with Crippen LogP contribution < -0.4 is 4.90 Å². The second kappa shape index (κ2) is 5.92. The van der Waals surface area contributed by atoms with Crippen molar-refractivity contribution in [1.82, 2.24) is 0 Å². The van der Waals surface area contributed by atoms with Crippen molar-refractivity contribution in [3.63, 3.8) is 0 Å². The Bertz CT molecular complexity index is 828. The van der Waals surface area contributed by atoms with E-state index in [2.05, 4.69) is 4.99 Å². The van der Waals surface area contributed by atoms with Gasteiger partial charge in [-0.1, -0.05) is 11.6 Å². The number of amides is 1. The van der Waals surface area contributed by atoms with Crippen LogP contribution in [0.1, 0.15) is 0 Å². The average Bonchev–Trinajstić information content (AvgIpc) is 2.85. The summed E-state index contributed by atoms with van der Waals surface area (Å²) in [4.78, 5) is 15.3. The molecule has 11 heteroatoms. The van der Waals surface area contributed by atoms with Crippen LogP contribution in [-0.4, -0.2) is 25.2 Å². The number of benzene rings is 1. The fraction of sp³-hybridized carbons (Fsp3) is 0. The minimum atomic E-state index is -2.51. The lowest BCUT2D eigenvalue weighted by Crippen LogP contribution is -2.28. The lowest BCUT2D eigenvalue weighted by molar-refractivity contribution is 0.203. The summed E-state index contributed by atoms with van der Waals surface area (Å²) in [7, 11) is -3.92. The molecule has 112 valence electrons. The molecule has 1 aliphatic heterocycles. The molecule has 2 rings (SSSR count). The summed E-state index contributed by atoms with van der Waals surface area (Å²) in [6.07, 6.45) is -1.62. The Morgan fingerprint density at radius 3 is 2.52 bits per heavy atom. The van der Waals surface area contributed by atoms with Gasteiger partial charge < -0.3 is 5.11 Å². The van der Waals surface area contributed by atoms with Gasteiger partial charge in [0, 0.05) is 20.9 Å². The first kappa shape index (κ1) is 15.6. The van der Waals surface area contributed by atoms with E-state index in [4.69, 9.17) is 16.7 Å². The van der Waals surface area contributed by atoms with E-state index in [0.717, 1.165) is 17.0 Å². The number of anilines is 1. The first-order chi connectivity index (χ1) is 9.81. The highest BCUT2D eigenvalue weighted by atomic mass is 35.5. The van der Waals surface area contributed by atoms with Crippen molar-refractivity contribution in [2.75, 3.05) is 4.90 Å². The quantitative estimate of drug-likeness (QED) is 0.826. The van der Waals surface area contributed by atoms with E-state index in [1.165, 1.54) is 0 Å². The predicted octanol–water partition coefficient (Wildman–Crippen LogP) is 2.36. The minimum Gasteiger partial charge on any atom is -0.464 e. The Morgan fingerprint density at radius 1 is 1.33 bits per heavy atom. The summed E-state index contributed by atoms with van der Waals surface area (Å²) < 4.78 is 48.5. The first-order valence-corrected chi connectivity index (χ1v) is 8.38. The SMILES string of the molecule is O=C(O)N(C1=CS(=S(=O)=O)C=N1)c1cc(Cl)c(F)cc1F. The maximum atomic E-state index is 13.7. The molecule has 1 aliphatic rings. The molecular weight excluding hydrogens is 350 g/mol. The lowest BCUT2D eigenvalue weighted by atomic mass is 10.2. The Balaban J connectivity index is 2.60. The van der Waals surface area contributed by atoms with Gasteiger partial charge in [-0.3, -0.25) is 0 Å². The molecule has 1 aromatic carbocycles. The van der Waals surface area contributed by atoms with E-state index in [1.807, 2.05) is 0 Å². The van der Waals surface area contributed by atoms with Crippen LogP contribution >= 0.6 is 11.6 Å². The lowest BCUT2D eigenvalue weighted by Gasteiger charge is -2.18. The molecule has 0 radical (unpaired) electrons. The molecule has 1 amide bonds. The highest BCUT2D eigenvalue weighted by Crippen LogP contribution is 2.30. The van der Waals surface area contributed by atoms with E-state index in [0.29, 0.717) is 11.0 Å². The van der Waals surface area contributed by atoms with Gasteiger partial charge in [0.05, 0.1) is 16.3 Å². The third-order valence-electron chi connectivity index (χ3n) is 2.32. The van der Waals surface area contributed by atoms with Crippen LogP contribution in [0.15, 0.2) is 28.4 Å². The van der Waals surface area contributed by atoms with Crippen molar-refractivity contribution in [1.29, 1.82) is 0 Å². The summed E-state index contributed by atoms with van der Waals surface area (Å²) >= 11 is 5.50. The van der Waals surface area contributed by atoms with E-state index in [9.17, 15) is 22.0 Å². The predicted molar refractivity (Wildman–Crippen MR) is 74.7 cm³/mol. The third-order valence-corrected chi connectivity index (χ3v) is 5.17. The molecule has 1 heterocycles. The van der Waals surface area contributed by atoms with Crippen LogP contribution in [0.2, 0.25) is 5.02 Å². The van der Waals surface area contributed by atoms with Gasteiger partial charge in [-0.15, -0.1) is 0 Å². The van der Waals surface area contributed by atoms with Gasteiger partial charge in [-0.25, -0.2) is 23.5 Å². The maximum Gasteiger partial charge on any atom is 0.417 e. The van der Waals surface area contributed by atoms with E-state index in [-0.39, 0.29) is 5.82 Å². The van der Waals surface area contributed by atoms with E-state index >= 15 is 0 Å². The van der Waals surface area contributed by atoms with Crippen LogP contribution in [0.3, 0.4) is 0 Å². The van der Waals surface area contributed by atoms with Gasteiger partial charge in [-0.2, -0.15) is 8.42 Å². The Hall–Kier alpha value is -1.78. The number of hydrogen-bond donors (Lipinski definition) is 1. The van der Waals surface area contributed by atoms with Gasteiger partial charge >= 0.3 is 6.09 Å². The number of aliphatic imine (C=N–C) groups is 1. The monoisotopic (exact) mass is 354 g/mol. The topological polar surface area (TPSA) is 87.0 Å². The number of halogens is 3. The van der Waals surface area contributed by atoms with Crippen molar-refractivity contribution >= 4 is 47.6 Å². The summed E-state index contributed by atoms with van der Waals surface area (Å²) in [5.41, 5.74) is 0.455. The Labute approximate surface area is 125 Å². The average molecular weight is 355 g/mol. The largest absolute Gasteiger partial charge is 0.464 e. The van der Waals surface area contributed by atoms with Gasteiger partial charge in [0.1, 0.15) is 5.82 Å². The normalized spacial score (nSPS) is 16.7. The molecular formula is C10H5ClF2N2O4S2. The first-order valence-electron chi connectivity index (χ1n) is 5.06. The molecule has 0 bridgehead atoms. The second-order valence-electron chi connectivity index (χ2n) is 3.58. The molecule has 0 aliphatic carbocycles. The van der Waals surface area contributed by atoms with Crippen molar-refractivity contribution < 1.29 is 27.1 Å². The number of carbonyl (C=O) groups is 1. The highest BCUT2D eigenvalue weighted by molar-refractivity contribution is 8.42. The summed E-state index contributed by atoms with van der Waals surface area (Å²) in [5.74, 6) is -2.53. The molecule has 1 N–H and O–H groups in total. The maximum absolute atomic E-state index is 13.7. The summed E-state index contributed by atoms with van der Waals surface area (Å²) in [6.45, 7) is 0. The molecule has 0 aromatic heterocycles. The summed E-state index contributed by atoms with van der Waals surface area (Å²) in [6, 6.07) is 1.21. The van der Waals surface area contributed by atoms with Gasteiger partial charge in [0.15, 0.2) is 11.6 Å². The van der Waals surface area contributed by atoms with Crippen molar-refractivity contribution in [3.8, 4) is 0 Å². The smallest absolute Gasteiger partial charge is 0.417 e.